The van der Waals surface area contributed by atoms with Gasteiger partial charge in [0.1, 0.15) is 4.83 Å². The lowest BCUT2D eigenvalue weighted by atomic mass is 10.0. The number of likely N-dealkylation sites (tertiary alicyclic amines) is 1. The van der Waals surface area contributed by atoms with E-state index in [0.29, 0.717) is 19.5 Å². The van der Waals surface area contributed by atoms with Gasteiger partial charge in [-0.2, -0.15) is 0 Å². The van der Waals surface area contributed by atoms with Crippen molar-refractivity contribution < 1.29 is 4.79 Å². The summed E-state index contributed by atoms with van der Waals surface area (Å²) in [5.41, 5.74) is 3.72. The monoisotopic (exact) mass is 512 g/mol. The van der Waals surface area contributed by atoms with E-state index in [1.54, 1.807) is 17.7 Å². The van der Waals surface area contributed by atoms with Crippen molar-refractivity contribution in [3.63, 3.8) is 0 Å². The number of thiophene rings is 1. The van der Waals surface area contributed by atoms with E-state index in [0.717, 1.165) is 66.0 Å². The number of amides is 1. The topological polar surface area (TPSA) is 58.4 Å². The Morgan fingerprint density at radius 2 is 1.65 bits per heavy atom. The van der Waals surface area contributed by atoms with E-state index in [1.807, 2.05) is 27.7 Å². The van der Waals surface area contributed by atoms with Crippen molar-refractivity contribution in [1.29, 1.82) is 0 Å². The molecule has 190 valence electrons. The van der Waals surface area contributed by atoms with Gasteiger partial charge in [0.2, 0.25) is 5.91 Å². The number of fused-ring (bicyclic) bond motifs is 3. The van der Waals surface area contributed by atoms with Gasteiger partial charge >= 0.3 is 0 Å². The van der Waals surface area contributed by atoms with Crippen LogP contribution < -0.4 is 5.56 Å². The molecule has 1 amide bonds. The Morgan fingerprint density at radius 3 is 2.38 bits per heavy atom. The molecule has 0 saturated carbocycles. The fraction of sp³-hybridized carbons (Fsp3) is 0.367. The standard InChI is InChI=1S/C30H32N4O2S/c35-27(12-11-22-7-3-1-4-8-22)33-18-15-25-26(20-33)37-29-28(25)30(36)34(21-31-29)24-13-16-32(17-14-24)19-23-9-5-2-6-10-23/h1-10,21,24H,11-20H2. The summed E-state index contributed by atoms with van der Waals surface area (Å²) < 4.78 is 1.88. The molecule has 1 fully saturated rings. The summed E-state index contributed by atoms with van der Waals surface area (Å²) in [5, 5.41) is 0.783. The number of carbonyl (C=O) groups excluding carboxylic acids is 1. The summed E-state index contributed by atoms with van der Waals surface area (Å²) in [4.78, 5) is 37.6. The second-order valence-electron chi connectivity index (χ2n) is 10.2. The van der Waals surface area contributed by atoms with E-state index in [1.165, 1.54) is 11.1 Å². The van der Waals surface area contributed by atoms with Gasteiger partial charge in [-0.1, -0.05) is 60.7 Å². The number of benzene rings is 2. The molecule has 37 heavy (non-hydrogen) atoms. The van der Waals surface area contributed by atoms with Crippen molar-refractivity contribution in [2.24, 2.45) is 0 Å². The molecule has 6 rings (SSSR count). The van der Waals surface area contributed by atoms with Crippen LogP contribution in [0, 0.1) is 0 Å². The molecule has 1 saturated heterocycles. The Morgan fingerprint density at radius 1 is 0.946 bits per heavy atom. The lowest BCUT2D eigenvalue weighted by molar-refractivity contribution is -0.132. The van der Waals surface area contributed by atoms with Crippen molar-refractivity contribution in [2.75, 3.05) is 19.6 Å². The lowest BCUT2D eigenvalue weighted by Crippen LogP contribution is -2.37. The smallest absolute Gasteiger partial charge is 0.262 e. The number of aromatic nitrogens is 2. The highest BCUT2D eigenvalue weighted by atomic mass is 32.1. The van der Waals surface area contributed by atoms with Crippen LogP contribution in [0.3, 0.4) is 0 Å². The molecule has 7 heteroatoms. The molecule has 0 aliphatic carbocycles. The van der Waals surface area contributed by atoms with Crippen LogP contribution >= 0.6 is 11.3 Å². The van der Waals surface area contributed by atoms with Crippen LogP contribution in [0.5, 0.6) is 0 Å². The maximum absolute atomic E-state index is 13.6. The number of carbonyl (C=O) groups is 1. The molecule has 2 aromatic heterocycles. The molecular weight excluding hydrogens is 480 g/mol. The molecule has 4 aromatic rings. The van der Waals surface area contributed by atoms with Crippen LogP contribution in [0.4, 0.5) is 0 Å². The Hall–Kier alpha value is -3.29. The highest BCUT2D eigenvalue weighted by Gasteiger charge is 2.28. The Balaban J connectivity index is 1.13. The van der Waals surface area contributed by atoms with Gasteiger partial charge in [-0.25, -0.2) is 4.98 Å². The van der Waals surface area contributed by atoms with Gasteiger partial charge in [0.25, 0.3) is 5.56 Å². The third-order valence-electron chi connectivity index (χ3n) is 7.81. The quantitative estimate of drug-likeness (QED) is 0.372. The van der Waals surface area contributed by atoms with Crippen LogP contribution in [-0.2, 0) is 30.7 Å². The molecule has 0 spiro atoms. The molecule has 0 N–H and O–H groups in total. The largest absolute Gasteiger partial charge is 0.337 e. The minimum Gasteiger partial charge on any atom is -0.337 e. The van der Waals surface area contributed by atoms with Gasteiger partial charge in [0, 0.05) is 43.5 Å². The Bertz CT molecular complexity index is 1440. The van der Waals surface area contributed by atoms with E-state index in [4.69, 9.17) is 4.98 Å². The Labute approximate surface area is 221 Å². The molecule has 0 atom stereocenters. The summed E-state index contributed by atoms with van der Waals surface area (Å²) in [6.07, 6.45) is 5.66. The molecule has 0 radical (unpaired) electrons. The second kappa shape index (κ2) is 10.6. The van der Waals surface area contributed by atoms with Crippen molar-refractivity contribution in [1.82, 2.24) is 19.4 Å². The normalized spacial score (nSPS) is 16.7. The molecule has 4 heterocycles. The molecule has 2 aliphatic heterocycles. The number of piperidine rings is 1. The first-order valence-corrected chi connectivity index (χ1v) is 14.1. The van der Waals surface area contributed by atoms with E-state index >= 15 is 0 Å². The minimum absolute atomic E-state index is 0.0906. The van der Waals surface area contributed by atoms with Gasteiger partial charge in [-0.05, 0) is 42.4 Å². The van der Waals surface area contributed by atoms with E-state index in [2.05, 4.69) is 47.4 Å². The first-order chi connectivity index (χ1) is 18.2. The Kier molecular flexibility index (Phi) is 6.89. The number of rotatable bonds is 6. The fourth-order valence-corrected chi connectivity index (χ4v) is 6.91. The van der Waals surface area contributed by atoms with E-state index in [9.17, 15) is 9.59 Å². The third-order valence-corrected chi connectivity index (χ3v) is 8.93. The van der Waals surface area contributed by atoms with Crippen molar-refractivity contribution in [2.45, 2.75) is 51.2 Å². The predicted molar refractivity (Wildman–Crippen MR) is 148 cm³/mol. The molecule has 2 aliphatic rings. The summed E-state index contributed by atoms with van der Waals surface area (Å²) >= 11 is 1.58. The summed E-state index contributed by atoms with van der Waals surface area (Å²) in [5.74, 6) is 0.180. The summed E-state index contributed by atoms with van der Waals surface area (Å²) in [6, 6.07) is 20.9. The first-order valence-electron chi connectivity index (χ1n) is 13.2. The third kappa shape index (κ3) is 5.11. The summed E-state index contributed by atoms with van der Waals surface area (Å²) in [6.45, 7) is 4.16. The average Bonchev–Trinajstić information content (AvgIpc) is 3.32. The fourth-order valence-electron chi connectivity index (χ4n) is 5.72. The first kappa shape index (κ1) is 24.1. The van der Waals surface area contributed by atoms with Crippen LogP contribution in [0.25, 0.3) is 10.2 Å². The minimum atomic E-state index is 0.0906. The number of nitrogens with zero attached hydrogens (tertiary/aromatic N) is 4. The van der Waals surface area contributed by atoms with Gasteiger partial charge in [-0.3, -0.25) is 19.1 Å². The number of aryl methyl sites for hydroxylation is 1. The maximum Gasteiger partial charge on any atom is 0.262 e. The van der Waals surface area contributed by atoms with Crippen molar-refractivity contribution in [3.8, 4) is 0 Å². The predicted octanol–water partition coefficient (Wildman–Crippen LogP) is 4.81. The van der Waals surface area contributed by atoms with Gasteiger partial charge < -0.3 is 4.90 Å². The van der Waals surface area contributed by atoms with Crippen LogP contribution in [-0.4, -0.2) is 44.9 Å². The van der Waals surface area contributed by atoms with Crippen LogP contribution in [0.2, 0.25) is 0 Å². The highest BCUT2D eigenvalue weighted by molar-refractivity contribution is 7.18. The highest BCUT2D eigenvalue weighted by Crippen LogP contribution is 2.33. The molecule has 6 nitrogen and oxygen atoms in total. The molecule has 2 aromatic carbocycles. The zero-order valence-electron chi connectivity index (χ0n) is 21.0. The van der Waals surface area contributed by atoms with Crippen molar-refractivity contribution >= 4 is 27.5 Å². The number of hydrogen-bond donors (Lipinski definition) is 0. The maximum atomic E-state index is 13.6. The number of hydrogen-bond acceptors (Lipinski definition) is 5. The van der Waals surface area contributed by atoms with Crippen LogP contribution in [0.15, 0.2) is 71.8 Å². The lowest BCUT2D eigenvalue weighted by Gasteiger charge is -2.32. The van der Waals surface area contributed by atoms with E-state index in [-0.39, 0.29) is 17.5 Å². The van der Waals surface area contributed by atoms with Gasteiger partial charge in [0.15, 0.2) is 0 Å². The SMILES string of the molecule is O=C(CCc1ccccc1)N1CCc2c(sc3ncn(C4CCN(Cc5ccccc5)CC4)c(=O)c23)C1. The molecule has 0 bridgehead atoms. The van der Waals surface area contributed by atoms with E-state index < -0.39 is 0 Å². The molecular formula is C30H32N4O2S. The molecule has 0 unspecified atom stereocenters. The van der Waals surface area contributed by atoms with Crippen LogP contribution in [0.1, 0.15) is 46.9 Å². The van der Waals surface area contributed by atoms with Gasteiger partial charge in [-0.15, -0.1) is 11.3 Å². The zero-order chi connectivity index (χ0) is 25.2. The summed E-state index contributed by atoms with van der Waals surface area (Å²) in [7, 11) is 0. The zero-order valence-corrected chi connectivity index (χ0v) is 21.8. The van der Waals surface area contributed by atoms with Crippen molar-refractivity contribution in [3.05, 3.63) is 98.9 Å². The second-order valence-corrected chi connectivity index (χ2v) is 11.3. The van der Waals surface area contributed by atoms with Gasteiger partial charge in [0.05, 0.1) is 18.3 Å². The average molecular weight is 513 g/mol.